The predicted octanol–water partition coefficient (Wildman–Crippen LogP) is 7.90. The number of benzene rings is 1. The van der Waals surface area contributed by atoms with Gasteiger partial charge in [-0.2, -0.15) is 0 Å². The van der Waals surface area contributed by atoms with Gasteiger partial charge in [-0.25, -0.2) is 4.79 Å². The monoisotopic (exact) mass is 416 g/mol. The molecule has 0 saturated carbocycles. The summed E-state index contributed by atoms with van der Waals surface area (Å²) in [5.41, 5.74) is 0.589. The van der Waals surface area contributed by atoms with E-state index < -0.39 is 0 Å². The topological polar surface area (TPSA) is 35.5 Å². The Kier molecular flexibility index (Phi) is 18.2. The first-order valence-electron chi connectivity index (χ1n) is 12.3. The minimum Gasteiger partial charge on any atom is -0.460 e. The number of hydrogen-bond donors (Lipinski definition) is 0. The number of allylic oxidation sites excluding steroid dienone is 2. The Morgan fingerprint density at radius 3 is 1.90 bits per heavy atom. The molecule has 0 heterocycles. The average molecular weight is 417 g/mol. The number of carbonyl (C=O) groups excluding carboxylic acids is 1. The van der Waals surface area contributed by atoms with Gasteiger partial charge in [0.15, 0.2) is 0 Å². The minimum absolute atomic E-state index is 0.281. The van der Waals surface area contributed by atoms with Crippen molar-refractivity contribution in [3.63, 3.8) is 0 Å². The van der Waals surface area contributed by atoms with Crippen LogP contribution < -0.4 is 0 Å². The van der Waals surface area contributed by atoms with Gasteiger partial charge in [-0.05, 0) is 44.2 Å². The summed E-state index contributed by atoms with van der Waals surface area (Å²) in [7, 11) is 0. The lowest BCUT2D eigenvalue weighted by atomic mass is 10.1. The third kappa shape index (κ3) is 16.2. The van der Waals surface area contributed by atoms with Crippen molar-refractivity contribution >= 4 is 5.97 Å². The molecular weight excluding hydrogens is 372 g/mol. The number of carbonyl (C=O) groups is 1. The first kappa shape index (κ1) is 26.4. The minimum atomic E-state index is -0.281. The summed E-state index contributed by atoms with van der Waals surface area (Å²) < 4.78 is 10.7. The van der Waals surface area contributed by atoms with Gasteiger partial charge in [0.1, 0.15) is 6.61 Å². The Hall–Kier alpha value is -1.61. The van der Waals surface area contributed by atoms with E-state index in [1.807, 2.05) is 18.2 Å². The third-order valence-corrected chi connectivity index (χ3v) is 5.27. The van der Waals surface area contributed by atoms with Crippen molar-refractivity contribution in [1.82, 2.24) is 0 Å². The fourth-order valence-electron chi connectivity index (χ4n) is 3.40. The van der Waals surface area contributed by atoms with Crippen LogP contribution in [0.15, 0.2) is 42.5 Å². The molecule has 0 amide bonds. The van der Waals surface area contributed by atoms with Crippen molar-refractivity contribution < 1.29 is 14.3 Å². The molecule has 0 radical (unpaired) electrons. The SMILES string of the molecule is CCCCCCCCC=CCCCCCCCCOCCOC(=O)c1ccccc1. The standard InChI is InChI=1S/C27H44O3/c1-2-3-4-5-6-7-8-9-10-11-12-13-14-15-16-20-23-29-24-25-30-27(28)26-21-18-17-19-22-26/h9-10,17-19,21-22H,2-8,11-16,20,23-25H2,1H3. The zero-order chi connectivity index (χ0) is 21.5. The normalized spacial score (nSPS) is 11.2. The average Bonchev–Trinajstić information content (AvgIpc) is 2.78. The summed E-state index contributed by atoms with van der Waals surface area (Å²) >= 11 is 0. The van der Waals surface area contributed by atoms with E-state index in [4.69, 9.17) is 9.47 Å². The zero-order valence-electron chi connectivity index (χ0n) is 19.3. The number of esters is 1. The quantitative estimate of drug-likeness (QED) is 0.123. The Balaban J connectivity index is 1.75. The molecule has 0 fully saturated rings. The van der Waals surface area contributed by atoms with Crippen LogP contribution in [0.1, 0.15) is 107 Å². The second kappa shape index (κ2) is 20.7. The van der Waals surface area contributed by atoms with Crippen molar-refractivity contribution in [3.8, 4) is 0 Å². The molecular formula is C27H44O3. The largest absolute Gasteiger partial charge is 0.460 e. The molecule has 0 spiro atoms. The van der Waals surface area contributed by atoms with E-state index in [2.05, 4.69) is 19.1 Å². The number of ether oxygens (including phenoxy) is 2. The molecule has 170 valence electrons. The molecule has 0 aliphatic rings. The Labute approximate surface area is 185 Å². The van der Waals surface area contributed by atoms with Gasteiger partial charge in [0.2, 0.25) is 0 Å². The summed E-state index contributed by atoms with van der Waals surface area (Å²) in [5, 5.41) is 0. The van der Waals surface area contributed by atoms with Crippen LogP contribution in [0.3, 0.4) is 0 Å². The maximum Gasteiger partial charge on any atom is 0.338 e. The summed E-state index contributed by atoms with van der Waals surface area (Å²) in [5.74, 6) is -0.281. The molecule has 1 aromatic rings. The predicted molar refractivity (Wildman–Crippen MR) is 127 cm³/mol. The molecule has 30 heavy (non-hydrogen) atoms. The number of unbranched alkanes of at least 4 members (excludes halogenated alkanes) is 12. The highest BCUT2D eigenvalue weighted by molar-refractivity contribution is 5.89. The molecule has 0 aromatic heterocycles. The van der Waals surface area contributed by atoms with Gasteiger partial charge in [0.25, 0.3) is 0 Å². The summed E-state index contributed by atoms with van der Waals surface area (Å²) in [6.45, 7) is 3.82. The maximum absolute atomic E-state index is 11.8. The van der Waals surface area contributed by atoms with Gasteiger partial charge in [-0.1, -0.05) is 95.1 Å². The molecule has 0 atom stereocenters. The molecule has 1 aromatic carbocycles. The summed E-state index contributed by atoms with van der Waals surface area (Å²) in [4.78, 5) is 11.8. The van der Waals surface area contributed by atoms with Crippen molar-refractivity contribution in [2.75, 3.05) is 19.8 Å². The van der Waals surface area contributed by atoms with Crippen LogP contribution in [-0.4, -0.2) is 25.8 Å². The molecule has 0 aliphatic heterocycles. The van der Waals surface area contributed by atoms with Crippen molar-refractivity contribution in [2.24, 2.45) is 0 Å². The van der Waals surface area contributed by atoms with E-state index in [1.165, 1.54) is 83.5 Å². The van der Waals surface area contributed by atoms with Crippen LogP contribution in [0.25, 0.3) is 0 Å². The first-order valence-corrected chi connectivity index (χ1v) is 12.3. The van der Waals surface area contributed by atoms with Crippen LogP contribution in [0, 0.1) is 0 Å². The Bertz CT molecular complexity index is 524. The van der Waals surface area contributed by atoms with Crippen LogP contribution >= 0.6 is 0 Å². The second-order valence-corrected chi connectivity index (χ2v) is 8.05. The lowest BCUT2D eigenvalue weighted by Crippen LogP contribution is -2.11. The van der Waals surface area contributed by atoms with E-state index in [1.54, 1.807) is 12.1 Å². The lowest BCUT2D eigenvalue weighted by molar-refractivity contribution is 0.0312. The first-order chi connectivity index (χ1) is 14.8. The highest BCUT2D eigenvalue weighted by Gasteiger charge is 2.04. The Morgan fingerprint density at radius 1 is 0.700 bits per heavy atom. The number of rotatable bonds is 20. The van der Waals surface area contributed by atoms with Crippen molar-refractivity contribution in [3.05, 3.63) is 48.0 Å². The molecule has 0 saturated heterocycles. The van der Waals surface area contributed by atoms with Gasteiger partial charge in [-0.3, -0.25) is 0 Å². The number of hydrogen-bond acceptors (Lipinski definition) is 3. The van der Waals surface area contributed by atoms with Crippen molar-refractivity contribution in [1.29, 1.82) is 0 Å². The summed E-state index contributed by atoms with van der Waals surface area (Å²) in [6.07, 6.45) is 23.1. The van der Waals surface area contributed by atoms with Crippen LogP contribution in [0.5, 0.6) is 0 Å². The molecule has 0 bridgehead atoms. The smallest absolute Gasteiger partial charge is 0.338 e. The Morgan fingerprint density at radius 2 is 1.27 bits per heavy atom. The van der Waals surface area contributed by atoms with E-state index in [0.29, 0.717) is 18.8 Å². The van der Waals surface area contributed by atoms with Crippen LogP contribution in [0.4, 0.5) is 0 Å². The fraction of sp³-hybridized carbons (Fsp3) is 0.667. The summed E-state index contributed by atoms with van der Waals surface area (Å²) in [6, 6.07) is 9.07. The molecule has 0 N–H and O–H groups in total. The van der Waals surface area contributed by atoms with Gasteiger partial charge in [0, 0.05) is 6.61 Å². The molecule has 0 aliphatic carbocycles. The highest BCUT2D eigenvalue weighted by Crippen LogP contribution is 2.10. The van der Waals surface area contributed by atoms with Gasteiger partial charge in [-0.15, -0.1) is 0 Å². The highest BCUT2D eigenvalue weighted by atomic mass is 16.6. The molecule has 1 rings (SSSR count). The van der Waals surface area contributed by atoms with Gasteiger partial charge in [0.05, 0.1) is 12.2 Å². The van der Waals surface area contributed by atoms with E-state index in [-0.39, 0.29) is 5.97 Å². The fourth-order valence-corrected chi connectivity index (χ4v) is 3.40. The van der Waals surface area contributed by atoms with Gasteiger partial charge < -0.3 is 9.47 Å². The van der Waals surface area contributed by atoms with Crippen LogP contribution in [0.2, 0.25) is 0 Å². The molecule has 0 unspecified atom stereocenters. The zero-order valence-corrected chi connectivity index (χ0v) is 19.3. The van der Waals surface area contributed by atoms with E-state index >= 15 is 0 Å². The molecule has 3 heteroatoms. The van der Waals surface area contributed by atoms with Crippen molar-refractivity contribution in [2.45, 2.75) is 96.8 Å². The van der Waals surface area contributed by atoms with E-state index in [0.717, 1.165) is 13.0 Å². The molecule has 3 nitrogen and oxygen atoms in total. The van der Waals surface area contributed by atoms with E-state index in [9.17, 15) is 4.79 Å². The van der Waals surface area contributed by atoms with Gasteiger partial charge >= 0.3 is 5.97 Å². The maximum atomic E-state index is 11.8. The van der Waals surface area contributed by atoms with Crippen LogP contribution in [-0.2, 0) is 9.47 Å². The second-order valence-electron chi connectivity index (χ2n) is 8.05. The lowest BCUT2D eigenvalue weighted by Gasteiger charge is -2.06. The third-order valence-electron chi connectivity index (χ3n) is 5.27.